The highest BCUT2D eigenvalue weighted by Crippen LogP contribution is 2.54. The minimum absolute atomic E-state index is 0.0427. The van der Waals surface area contributed by atoms with Crippen molar-refractivity contribution in [1.82, 2.24) is 0 Å². The summed E-state index contributed by atoms with van der Waals surface area (Å²) in [6, 6.07) is 14.5. The van der Waals surface area contributed by atoms with Gasteiger partial charge in [-0.1, -0.05) is 66.2 Å². The molecule has 0 aliphatic carbocycles. The lowest BCUT2D eigenvalue weighted by Gasteiger charge is -2.42. The first kappa shape index (κ1) is 26.3. The molecule has 3 heteroatoms. The number of anilines is 1. The topological polar surface area (TPSA) is 15.5 Å². The third kappa shape index (κ3) is 3.55. The molecule has 3 nitrogen and oxygen atoms in total. The highest BCUT2D eigenvalue weighted by atomic mass is 16.5. The van der Waals surface area contributed by atoms with Crippen LogP contribution < -0.4 is 4.90 Å². The predicted molar refractivity (Wildman–Crippen MR) is 166 cm³/mol. The molecule has 7 rings (SSSR count). The van der Waals surface area contributed by atoms with E-state index >= 15 is 0 Å². The monoisotopic (exact) mass is 535 g/mol. The molecule has 0 spiro atoms. The number of ether oxygens (including phenoxy) is 1. The maximum absolute atomic E-state index is 7.05. The van der Waals surface area contributed by atoms with Gasteiger partial charge in [0, 0.05) is 52.5 Å². The van der Waals surface area contributed by atoms with Crippen molar-refractivity contribution in [2.24, 2.45) is 0 Å². The largest absolute Gasteiger partial charge is 0.365 e. The molecular formula is C37H47N2O+. The van der Waals surface area contributed by atoms with Gasteiger partial charge >= 0.3 is 0 Å². The molecule has 0 radical (unpaired) electrons. The van der Waals surface area contributed by atoms with Crippen LogP contribution in [0.15, 0.2) is 59.3 Å². The maximum atomic E-state index is 7.05. The zero-order valence-electron chi connectivity index (χ0n) is 25.9. The van der Waals surface area contributed by atoms with Crippen molar-refractivity contribution in [2.45, 2.75) is 116 Å². The Morgan fingerprint density at radius 3 is 2.42 bits per heavy atom. The van der Waals surface area contributed by atoms with E-state index in [1.54, 1.807) is 0 Å². The molecule has 0 fully saturated rings. The van der Waals surface area contributed by atoms with Crippen LogP contribution in [0.5, 0.6) is 0 Å². The molecule has 0 N–H and O–H groups in total. The van der Waals surface area contributed by atoms with Gasteiger partial charge in [-0.3, -0.25) is 0 Å². The Morgan fingerprint density at radius 1 is 0.925 bits per heavy atom. The molecule has 2 aromatic rings. The van der Waals surface area contributed by atoms with E-state index in [1.807, 2.05) is 0 Å². The van der Waals surface area contributed by atoms with Crippen molar-refractivity contribution in [2.75, 3.05) is 18.0 Å². The Kier molecular flexibility index (Phi) is 5.86. The Morgan fingerprint density at radius 2 is 1.68 bits per heavy atom. The third-order valence-corrected chi connectivity index (χ3v) is 10.8. The standard InChI is InChI=1S/C37H47N2O/c1-9-10-23(4)25-12-14-31-29(20-25)37(7,8)35-27-21-26-32(40-33(27)16-18-39(31)35)15-17-38-30-13-11-24(22(2)3)19-28(30)36(5,6)34(26)38/h11-14,19-23,32-33H,9-10,15-18H2,1-8H3/q+1. The quantitative estimate of drug-likeness (QED) is 0.364. The van der Waals surface area contributed by atoms with E-state index in [2.05, 4.69) is 107 Å². The second kappa shape index (κ2) is 8.92. The Hall–Kier alpha value is -2.65. The molecule has 0 bridgehead atoms. The molecule has 5 aliphatic rings. The van der Waals surface area contributed by atoms with E-state index in [9.17, 15) is 0 Å². The number of rotatable bonds is 4. The first-order valence-electron chi connectivity index (χ1n) is 15.9. The summed E-state index contributed by atoms with van der Waals surface area (Å²) in [5, 5.41) is 0. The zero-order chi connectivity index (χ0) is 28.1. The lowest BCUT2D eigenvalue weighted by Crippen LogP contribution is -2.47. The summed E-state index contributed by atoms with van der Waals surface area (Å²) in [7, 11) is 0. The molecule has 40 heavy (non-hydrogen) atoms. The molecule has 5 aliphatic heterocycles. The Balaban J connectivity index is 1.36. The van der Waals surface area contributed by atoms with Crippen LogP contribution in [0.2, 0.25) is 0 Å². The van der Waals surface area contributed by atoms with E-state index in [0.29, 0.717) is 11.8 Å². The summed E-state index contributed by atoms with van der Waals surface area (Å²) >= 11 is 0. The number of benzene rings is 2. The summed E-state index contributed by atoms with van der Waals surface area (Å²) in [5.41, 5.74) is 14.4. The number of fused-ring (bicyclic) bond motifs is 8. The third-order valence-electron chi connectivity index (χ3n) is 10.8. The fraction of sp³-hybridized carbons (Fsp3) is 0.541. The first-order chi connectivity index (χ1) is 19.0. The lowest BCUT2D eigenvalue weighted by molar-refractivity contribution is -0.445. The Bertz CT molecular complexity index is 1500. The molecule has 0 saturated heterocycles. The molecule has 0 amide bonds. The second-order valence-electron chi connectivity index (χ2n) is 14.4. The SMILES string of the molecule is CCCC(C)c1ccc2c(c1)C(C)(C)C1=C3C=C4C5=[N+](CCC4OC3CCN12)c1ccc(C(C)C)cc1C5(C)C. The van der Waals surface area contributed by atoms with E-state index in [-0.39, 0.29) is 23.0 Å². The number of nitrogens with zero attached hydrogens (tertiary/aromatic N) is 2. The van der Waals surface area contributed by atoms with Gasteiger partial charge in [-0.2, -0.15) is 4.58 Å². The summed E-state index contributed by atoms with van der Waals surface area (Å²) in [6.07, 6.45) is 7.56. The lowest BCUT2D eigenvalue weighted by atomic mass is 9.73. The highest BCUT2D eigenvalue weighted by Gasteiger charge is 2.54. The molecule has 0 aromatic heterocycles. The van der Waals surface area contributed by atoms with Crippen molar-refractivity contribution in [1.29, 1.82) is 0 Å². The normalized spacial score (nSPS) is 26.1. The predicted octanol–water partition coefficient (Wildman–Crippen LogP) is 8.64. The van der Waals surface area contributed by atoms with E-state index in [0.717, 1.165) is 25.9 Å². The highest BCUT2D eigenvalue weighted by molar-refractivity contribution is 6.08. The van der Waals surface area contributed by atoms with Gasteiger partial charge < -0.3 is 9.64 Å². The smallest absolute Gasteiger partial charge is 0.209 e. The first-order valence-corrected chi connectivity index (χ1v) is 15.9. The van der Waals surface area contributed by atoms with Crippen LogP contribution in [0.4, 0.5) is 11.4 Å². The summed E-state index contributed by atoms with van der Waals surface area (Å²) in [4.78, 5) is 2.63. The van der Waals surface area contributed by atoms with Gasteiger partial charge in [-0.05, 0) is 73.4 Å². The average molecular weight is 536 g/mol. The molecule has 0 saturated carbocycles. The van der Waals surface area contributed by atoms with Gasteiger partial charge in [0.05, 0.1) is 17.6 Å². The molecule has 5 heterocycles. The minimum atomic E-state index is -0.0438. The van der Waals surface area contributed by atoms with Crippen molar-refractivity contribution in [3.63, 3.8) is 0 Å². The van der Waals surface area contributed by atoms with Crippen LogP contribution in [-0.2, 0) is 15.6 Å². The van der Waals surface area contributed by atoms with Crippen LogP contribution in [0.3, 0.4) is 0 Å². The van der Waals surface area contributed by atoms with E-state index < -0.39 is 0 Å². The van der Waals surface area contributed by atoms with Crippen molar-refractivity contribution < 1.29 is 9.31 Å². The maximum Gasteiger partial charge on any atom is 0.209 e. The molecule has 3 atom stereocenters. The summed E-state index contributed by atoms with van der Waals surface area (Å²) < 4.78 is 9.67. The second-order valence-corrected chi connectivity index (χ2v) is 14.4. The number of hydrogen-bond acceptors (Lipinski definition) is 2. The van der Waals surface area contributed by atoms with Crippen molar-refractivity contribution >= 4 is 17.1 Å². The van der Waals surface area contributed by atoms with E-state index in [4.69, 9.17) is 4.74 Å². The van der Waals surface area contributed by atoms with Crippen LogP contribution in [-0.4, -0.2) is 35.6 Å². The fourth-order valence-electron chi connectivity index (χ4n) is 8.59. The van der Waals surface area contributed by atoms with Gasteiger partial charge in [0.25, 0.3) is 0 Å². The fourth-order valence-corrected chi connectivity index (χ4v) is 8.59. The van der Waals surface area contributed by atoms with Crippen molar-refractivity contribution in [3.05, 3.63) is 81.6 Å². The Labute approximate surface area is 241 Å². The van der Waals surface area contributed by atoms with Gasteiger partial charge in [-0.25, -0.2) is 0 Å². The molecular weight excluding hydrogens is 488 g/mol. The zero-order valence-corrected chi connectivity index (χ0v) is 25.9. The molecule has 210 valence electrons. The van der Waals surface area contributed by atoms with Crippen LogP contribution in [0, 0.1) is 0 Å². The summed E-state index contributed by atoms with van der Waals surface area (Å²) in [6.45, 7) is 21.1. The van der Waals surface area contributed by atoms with E-state index in [1.165, 1.54) is 69.0 Å². The van der Waals surface area contributed by atoms with Crippen LogP contribution in [0.25, 0.3) is 0 Å². The summed E-state index contributed by atoms with van der Waals surface area (Å²) in [5.74, 6) is 1.13. The number of hydrogen-bond donors (Lipinski definition) is 0. The average Bonchev–Trinajstić information content (AvgIpc) is 3.31. The molecule has 3 unspecified atom stereocenters. The minimum Gasteiger partial charge on any atom is -0.365 e. The molecule has 2 aromatic carbocycles. The van der Waals surface area contributed by atoms with Crippen LogP contribution >= 0.6 is 0 Å². The van der Waals surface area contributed by atoms with Gasteiger partial charge in [-0.15, -0.1) is 0 Å². The van der Waals surface area contributed by atoms with Gasteiger partial charge in [0.15, 0.2) is 12.3 Å². The van der Waals surface area contributed by atoms with Gasteiger partial charge in [0.1, 0.15) is 0 Å². The number of allylic oxidation sites excluding steroid dienone is 1. The van der Waals surface area contributed by atoms with Crippen molar-refractivity contribution in [3.8, 4) is 0 Å². The van der Waals surface area contributed by atoms with Crippen LogP contribution in [0.1, 0.15) is 115 Å². The van der Waals surface area contributed by atoms with Gasteiger partial charge in [0.2, 0.25) is 5.69 Å².